The first-order valence-corrected chi connectivity index (χ1v) is 17.8. The van der Waals surface area contributed by atoms with Crippen molar-refractivity contribution < 1.29 is 32.9 Å². The maximum atomic E-state index is 12.7. The summed E-state index contributed by atoms with van der Waals surface area (Å²) in [5.74, 6) is -0.557. The number of carboxylic acid groups (broad SMARTS) is 1. The summed E-state index contributed by atoms with van der Waals surface area (Å²) in [6, 6.07) is 34.6. The third-order valence-electron chi connectivity index (χ3n) is 7.99. The molecule has 5 aromatic rings. The number of pyridine rings is 1. The number of aromatic carboxylic acids is 1. The van der Waals surface area contributed by atoms with Gasteiger partial charge < -0.3 is 19.7 Å². The van der Waals surface area contributed by atoms with E-state index < -0.39 is 22.3 Å². The smallest absolute Gasteiger partial charge is 0.338 e. The molecule has 2 heterocycles. The van der Waals surface area contributed by atoms with E-state index >= 15 is 0 Å². The van der Waals surface area contributed by atoms with Crippen LogP contribution in [0.15, 0.2) is 131 Å². The van der Waals surface area contributed by atoms with Crippen LogP contribution in [0.5, 0.6) is 0 Å². The maximum Gasteiger partial charge on any atom is 0.338 e. The van der Waals surface area contributed by atoms with E-state index in [-0.39, 0.29) is 35.8 Å². The molecule has 0 bridgehead atoms. The summed E-state index contributed by atoms with van der Waals surface area (Å²) in [7, 11) is -3.63. The van der Waals surface area contributed by atoms with Gasteiger partial charge in [0.25, 0.3) is 0 Å². The van der Waals surface area contributed by atoms with Gasteiger partial charge in [0, 0.05) is 30.5 Å². The van der Waals surface area contributed by atoms with Gasteiger partial charge in [0.05, 0.1) is 29.3 Å². The average Bonchev–Trinajstić information content (AvgIpc) is 3.13. The highest BCUT2D eigenvalue weighted by Gasteiger charge is 2.32. The molecular weight excluding hydrogens is 649 g/mol. The molecule has 1 aliphatic rings. The van der Waals surface area contributed by atoms with Gasteiger partial charge >= 0.3 is 5.97 Å². The molecule has 0 spiro atoms. The molecule has 1 saturated heterocycles. The van der Waals surface area contributed by atoms with Crippen LogP contribution >= 0.6 is 11.8 Å². The highest BCUT2D eigenvalue weighted by molar-refractivity contribution is 7.99. The molecule has 1 aromatic heterocycles. The Morgan fingerprint density at radius 3 is 2.31 bits per heavy atom. The monoisotopic (exact) mass is 682 g/mol. The Kier molecular flexibility index (Phi) is 10.7. The van der Waals surface area contributed by atoms with Crippen molar-refractivity contribution in [3.8, 4) is 11.1 Å². The number of aromatic nitrogens is 1. The minimum Gasteiger partial charge on any atom is -0.478 e. The Labute approximate surface area is 283 Å². The van der Waals surface area contributed by atoms with Crippen LogP contribution in [0.1, 0.15) is 51.4 Å². The Morgan fingerprint density at radius 1 is 0.833 bits per heavy atom. The van der Waals surface area contributed by atoms with Crippen molar-refractivity contribution in [1.29, 1.82) is 0 Å². The fraction of sp³-hybridized carbons (Fsp3) is 0.189. The van der Waals surface area contributed by atoms with Crippen molar-refractivity contribution >= 4 is 27.8 Å². The molecule has 48 heavy (non-hydrogen) atoms. The largest absolute Gasteiger partial charge is 0.478 e. The minimum atomic E-state index is -3.63. The summed E-state index contributed by atoms with van der Waals surface area (Å²) in [4.78, 5) is 16.2. The molecule has 0 aliphatic carbocycles. The number of hydrogen-bond acceptors (Lipinski definition) is 8. The SMILES string of the molecule is O=C(O)c1cccnc1SCC1CC(c2ccc(CO)cc2)OC(c2ccc(-c3cccc(CNS(=O)(=O)c4ccccc4)c3)cc2)O1. The van der Waals surface area contributed by atoms with Crippen LogP contribution in [0.2, 0.25) is 0 Å². The van der Waals surface area contributed by atoms with E-state index in [1.165, 1.54) is 17.8 Å². The molecule has 3 N–H and O–H groups in total. The highest BCUT2D eigenvalue weighted by atomic mass is 32.2. The van der Waals surface area contributed by atoms with Gasteiger partial charge in [-0.25, -0.2) is 22.9 Å². The number of aliphatic hydroxyl groups is 1. The van der Waals surface area contributed by atoms with E-state index in [1.807, 2.05) is 72.8 Å². The van der Waals surface area contributed by atoms with Crippen molar-refractivity contribution in [3.63, 3.8) is 0 Å². The molecule has 1 aliphatic heterocycles. The number of sulfonamides is 1. The Bertz CT molecular complexity index is 1950. The van der Waals surface area contributed by atoms with E-state index in [1.54, 1.807) is 42.6 Å². The van der Waals surface area contributed by atoms with Crippen LogP contribution < -0.4 is 4.72 Å². The molecular formula is C37H34N2O7S2. The molecule has 3 unspecified atom stereocenters. The highest BCUT2D eigenvalue weighted by Crippen LogP contribution is 2.40. The zero-order chi connectivity index (χ0) is 33.5. The minimum absolute atomic E-state index is 0.0503. The Hall–Kier alpha value is -4.36. The second kappa shape index (κ2) is 15.2. The summed E-state index contributed by atoms with van der Waals surface area (Å²) in [5.41, 5.74) is 5.43. The van der Waals surface area contributed by atoms with Gasteiger partial charge in [-0.15, -0.1) is 11.8 Å². The number of nitrogens with zero attached hydrogens (tertiary/aromatic N) is 1. The lowest BCUT2D eigenvalue weighted by Crippen LogP contribution is -2.31. The van der Waals surface area contributed by atoms with Crippen molar-refractivity contribution in [2.24, 2.45) is 0 Å². The molecule has 9 nitrogen and oxygen atoms in total. The lowest BCUT2D eigenvalue weighted by Gasteiger charge is -2.36. The van der Waals surface area contributed by atoms with Crippen LogP contribution in [0, 0.1) is 0 Å². The quantitative estimate of drug-likeness (QED) is 0.122. The third kappa shape index (κ3) is 8.19. The molecule has 11 heteroatoms. The van der Waals surface area contributed by atoms with Gasteiger partial charge in [-0.2, -0.15) is 0 Å². The number of carbonyl (C=O) groups is 1. The van der Waals surface area contributed by atoms with E-state index in [2.05, 4.69) is 9.71 Å². The van der Waals surface area contributed by atoms with Crippen LogP contribution in [-0.4, -0.2) is 41.4 Å². The first-order valence-electron chi connectivity index (χ1n) is 15.3. The van der Waals surface area contributed by atoms with Crippen molar-refractivity contribution in [2.75, 3.05) is 5.75 Å². The number of carboxylic acids is 1. The standard InChI is InChI=1S/C37H34N2O7S2/c40-23-25-11-13-28(14-12-25)34-21-31(24-47-35-33(36(41)42)10-5-19-38-35)45-37(46-34)29-17-15-27(16-18-29)30-7-4-6-26(20-30)22-39-48(43,44)32-8-2-1-3-9-32/h1-20,31,34,37,39-40H,21-24H2,(H,41,42). The lowest BCUT2D eigenvalue weighted by molar-refractivity contribution is -0.245. The summed E-state index contributed by atoms with van der Waals surface area (Å²) in [5, 5.41) is 19.5. The molecule has 1 fully saturated rings. The Morgan fingerprint density at radius 2 is 1.58 bits per heavy atom. The molecule has 0 radical (unpaired) electrons. The van der Waals surface area contributed by atoms with E-state index in [9.17, 15) is 23.4 Å². The van der Waals surface area contributed by atoms with E-state index in [0.717, 1.165) is 33.4 Å². The van der Waals surface area contributed by atoms with Crippen molar-refractivity contribution in [3.05, 3.63) is 149 Å². The number of ether oxygens (including phenoxy) is 2. The first-order chi connectivity index (χ1) is 23.3. The first kappa shape index (κ1) is 33.5. The lowest BCUT2D eigenvalue weighted by atomic mass is 9.99. The van der Waals surface area contributed by atoms with Gasteiger partial charge in [0.15, 0.2) is 6.29 Å². The maximum absolute atomic E-state index is 12.7. The van der Waals surface area contributed by atoms with Crippen LogP contribution in [-0.2, 0) is 32.6 Å². The number of hydrogen-bond donors (Lipinski definition) is 3. The van der Waals surface area contributed by atoms with E-state index in [4.69, 9.17) is 9.47 Å². The summed E-state index contributed by atoms with van der Waals surface area (Å²) in [6.07, 6.45) is 0.892. The number of aliphatic hydroxyl groups excluding tert-OH is 1. The zero-order valence-electron chi connectivity index (χ0n) is 25.8. The summed E-state index contributed by atoms with van der Waals surface area (Å²) < 4.78 is 41.0. The fourth-order valence-electron chi connectivity index (χ4n) is 5.42. The fourth-order valence-corrected chi connectivity index (χ4v) is 7.46. The number of benzene rings is 4. The summed E-state index contributed by atoms with van der Waals surface area (Å²) >= 11 is 1.34. The zero-order valence-corrected chi connectivity index (χ0v) is 27.4. The molecule has 0 saturated carbocycles. The predicted molar refractivity (Wildman–Crippen MR) is 183 cm³/mol. The molecule has 6 rings (SSSR count). The van der Waals surface area contributed by atoms with E-state index in [0.29, 0.717) is 17.2 Å². The average molecular weight is 683 g/mol. The van der Waals surface area contributed by atoms with Crippen LogP contribution in [0.25, 0.3) is 11.1 Å². The predicted octanol–water partition coefficient (Wildman–Crippen LogP) is 6.76. The van der Waals surface area contributed by atoms with Gasteiger partial charge in [-0.1, -0.05) is 84.9 Å². The third-order valence-corrected chi connectivity index (χ3v) is 10.5. The normalized spacial score (nSPS) is 18.0. The van der Waals surface area contributed by atoms with Crippen molar-refractivity contribution in [1.82, 2.24) is 9.71 Å². The van der Waals surface area contributed by atoms with Crippen LogP contribution in [0.4, 0.5) is 0 Å². The molecule has 0 amide bonds. The molecule has 246 valence electrons. The second-order valence-corrected chi connectivity index (χ2v) is 14.1. The van der Waals surface area contributed by atoms with Gasteiger partial charge in [-0.3, -0.25) is 0 Å². The molecule has 3 atom stereocenters. The number of nitrogens with one attached hydrogen (secondary N) is 1. The number of rotatable bonds is 12. The van der Waals surface area contributed by atoms with Gasteiger partial charge in [-0.05, 0) is 58.1 Å². The topological polar surface area (TPSA) is 135 Å². The second-order valence-electron chi connectivity index (χ2n) is 11.3. The molecule has 4 aromatic carbocycles. The summed E-state index contributed by atoms with van der Waals surface area (Å²) in [6.45, 7) is 0.102. The van der Waals surface area contributed by atoms with Crippen LogP contribution in [0.3, 0.4) is 0 Å². The Balaban J connectivity index is 1.18. The van der Waals surface area contributed by atoms with Crippen molar-refractivity contribution in [2.45, 2.75) is 48.0 Å². The van der Waals surface area contributed by atoms with Gasteiger partial charge in [0.1, 0.15) is 5.03 Å². The number of thioether (sulfide) groups is 1. The van der Waals surface area contributed by atoms with Gasteiger partial charge in [0.2, 0.25) is 10.0 Å².